The minimum absolute atomic E-state index is 0.155. The zero-order valence-corrected chi connectivity index (χ0v) is 16.5. The molecule has 140 valence electrons. The van der Waals surface area contributed by atoms with Crippen LogP contribution in [0.15, 0.2) is 53.4 Å². The third-order valence-electron chi connectivity index (χ3n) is 3.84. The van der Waals surface area contributed by atoms with Gasteiger partial charge >= 0.3 is 5.97 Å². The molecular formula is C21H28N2O2S. The van der Waals surface area contributed by atoms with E-state index < -0.39 is 5.97 Å². The molecule has 0 bridgehead atoms. The number of benzene rings is 2. The second kappa shape index (κ2) is 10.1. The average molecular weight is 373 g/mol. The van der Waals surface area contributed by atoms with Crippen LogP contribution in [0.1, 0.15) is 33.6 Å². The molecule has 4 nitrogen and oxygen atoms in total. The number of rotatable bonds is 10. The Morgan fingerprint density at radius 1 is 1.08 bits per heavy atom. The standard InChI is InChI=1S/C21H28N2O2S/c1-15(2)13-16(3)22-19-10-9-18(23-17-7-5-4-6-8-17)14-20(19)26-12-11-21(24)25/h4-10,14-16,22-23H,11-13H2,1-3H3,(H,24,25). The molecule has 0 heterocycles. The van der Waals surface area contributed by atoms with Gasteiger partial charge in [0, 0.05) is 33.8 Å². The Kier molecular flexibility index (Phi) is 7.85. The number of carboxylic acids is 1. The van der Waals surface area contributed by atoms with Gasteiger partial charge in [0.25, 0.3) is 0 Å². The number of hydrogen-bond acceptors (Lipinski definition) is 4. The maximum Gasteiger partial charge on any atom is 0.304 e. The molecule has 1 atom stereocenters. The molecule has 3 N–H and O–H groups in total. The zero-order valence-electron chi connectivity index (χ0n) is 15.7. The lowest BCUT2D eigenvalue weighted by atomic mass is 10.1. The largest absolute Gasteiger partial charge is 0.481 e. The van der Waals surface area contributed by atoms with Crippen LogP contribution in [0.2, 0.25) is 0 Å². The topological polar surface area (TPSA) is 61.4 Å². The molecule has 26 heavy (non-hydrogen) atoms. The van der Waals surface area contributed by atoms with Crippen molar-refractivity contribution in [3.63, 3.8) is 0 Å². The molecule has 0 saturated heterocycles. The average Bonchev–Trinajstić information content (AvgIpc) is 2.57. The number of thioether (sulfide) groups is 1. The molecule has 0 aliphatic carbocycles. The van der Waals surface area contributed by atoms with Crippen LogP contribution in [0, 0.1) is 5.92 Å². The third-order valence-corrected chi connectivity index (χ3v) is 4.90. The normalized spacial score (nSPS) is 12.0. The lowest BCUT2D eigenvalue weighted by Gasteiger charge is -2.20. The zero-order chi connectivity index (χ0) is 18.9. The van der Waals surface area contributed by atoms with Crippen molar-refractivity contribution < 1.29 is 9.90 Å². The monoisotopic (exact) mass is 372 g/mol. The van der Waals surface area contributed by atoms with E-state index in [1.54, 1.807) is 11.8 Å². The first-order valence-corrected chi connectivity index (χ1v) is 10.00. The van der Waals surface area contributed by atoms with Crippen molar-refractivity contribution >= 4 is 34.8 Å². The Morgan fingerprint density at radius 3 is 2.46 bits per heavy atom. The van der Waals surface area contributed by atoms with Crippen molar-refractivity contribution in [2.75, 3.05) is 16.4 Å². The molecule has 2 aromatic carbocycles. The molecule has 2 aromatic rings. The number of para-hydroxylation sites is 1. The van der Waals surface area contributed by atoms with Gasteiger partial charge in [0.05, 0.1) is 6.42 Å². The van der Waals surface area contributed by atoms with E-state index in [0.717, 1.165) is 28.4 Å². The number of hydrogen-bond donors (Lipinski definition) is 3. The summed E-state index contributed by atoms with van der Waals surface area (Å²) in [6.45, 7) is 6.61. The van der Waals surface area contributed by atoms with Crippen molar-refractivity contribution in [3.8, 4) is 0 Å². The summed E-state index contributed by atoms with van der Waals surface area (Å²) in [5.74, 6) is 0.413. The van der Waals surface area contributed by atoms with E-state index >= 15 is 0 Å². The number of carbonyl (C=O) groups is 1. The third kappa shape index (κ3) is 7.00. The Balaban J connectivity index is 2.15. The van der Waals surface area contributed by atoms with Crippen LogP contribution in [-0.2, 0) is 4.79 Å². The van der Waals surface area contributed by atoms with Crippen LogP contribution < -0.4 is 10.6 Å². The molecule has 0 aliphatic rings. The van der Waals surface area contributed by atoms with E-state index in [0.29, 0.717) is 17.7 Å². The van der Waals surface area contributed by atoms with Crippen LogP contribution in [-0.4, -0.2) is 22.9 Å². The molecule has 1 unspecified atom stereocenters. The molecule has 0 radical (unpaired) electrons. The smallest absolute Gasteiger partial charge is 0.304 e. The van der Waals surface area contributed by atoms with Crippen molar-refractivity contribution in [2.45, 2.75) is 44.6 Å². The maximum atomic E-state index is 10.8. The van der Waals surface area contributed by atoms with Crippen LogP contribution in [0.5, 0.6) is 0 Å². The van der Waals surface area contributed by atoms with E-state index in [9.17, 15) is 4.79 Å². The van der Waals surface area contributed by atoms with Gasteiger partial charge in [-0.05, 0) is 49.6 Å². The lowest BCUT2D eigenvalue weighted by molar-refractivity contribution is -0.136. The van der Waals surface area contributed by atoms with Crippen LogP contribution >= 0.6 is 11.8 Å². The summed E-state index contributed by atoms with van der Waals surface area (Å²) in [4.78, 5) is 11.9. The molecule has 0 aromatic heterocycles. The summed E-state index contributed by atoms with van der Waals surface area (Å²) in [7, 11) is 0. The van der Waals surface area contributed by atoms with Gasteiger partial charge < -0.3 is 15.7 Å². The maximum absolute atomic E-state index is 10.8. The van der Waals surface area contributed by atoms with Gasteiger partial charge in [-0.3, -0.25) is 4.79 Å². The summed E-state index contributed by atoms with van der Waals surface area (Å²) < 4.78 is 0. The number of carboxylic acid groups (broad SMARTS) is 1. The molecule has 0 saturated carbocycles. The highest BCUT2D eigenvalue weighted by Crippen LogP contribution is 2.32. The van der Waals surface area contributed by atoms with Crippen LogP contribution in [0.25, 0.3) is 0 Å². The van der Waals surface area contributed by atoms with Crippen molar-refractivity contribution in [3.05, 3.63) is 48.5 Å². The van der Waals surface area contributed by atoms with Crippen molar-refractivity contribution in [1.82, 2.24) is 0 Å². The number of aliphatic carboxylic acids is 1. The Bertz CT molecular complexity index is 704. The Labute approximate surface area is 160 Å². The van der Waals surface area contributed by atoms with E-state index in [1.807, 2.05) is 30.3 Å². The quantitative estimate of drug-likeness (QED) is 0.457. The summed E-state index contributed by atoms with van der Waals surface area (Å²) in [6, 6.07) is 16.6. The van der Waals surface area contributed by atoms with Crippen LogP contribution in [0.4, 0.5) is 17.1 Å². The Hall–Kier alpha value is -2.14. The second-order valence-corrected chi connectivity index (χ2v) is 8.01. The van der Waals surface area contributed by atoms with Crippen molar-refractivity contribution in [2.24, 2.45) is 5.92 Å². The minimum atomic E-state index is -0.765. The van der Waals surface area contributed by atoms with E-state index in [2.05, 4.69) is 49.6 Å². The van der Waals surface area contributed by atoms with Gasteiger partial charge in [0.1, 0.15) is 0 Å². The molecule has 5 heteroatoms. The van der Waals surface area contributed by atoms with Gasteiger partial charge in [-0.2, -0.15) is 0 Å². The van der Waals surface area contributed by atoms with Gasteiger partial charge in [0.2, 0.25) is 0 Å². The highest BCUT2D eigenvalue weighted by atomic mass is 32.2. The lowest BCUT2D eigenvalue weighted by Crippen LogP contribution is -2.18. The van der Waals surface area contributed by atoms with Crippen LogP contribution in [0.3, 0.4) is 0 Å². The van der Waals surface area contributed by atoms with Gasteiger partial charge in [-0.15, -0.1) is 11.8 Å². The number of anilines is 3. The van der Waals surface area contributed by atoms with Gasteiger partial charge in [0.15, 0.2) is 0 Å². The first-order valence-electron chi connectivity index (χ1n) is 9.01. The fourth-order valence-corrected chi connectivity index (χ4v) is 3.80. The van der Waals surface area contributed by atoms with Crippen molar-refractivity contribution in [1.29, 1.82) is 0 Å². The van der Waals surface area contributed by atoms with Gasteiger partial charge in [-0.25, -0.2) is 0 Å². The molecule has 0 fully saturated rings. The van der Waals surface area contributed by atoms with E-state index in [-0.39, 0.29) is 6.42 Å². The molecule has 0 aliphatic heterocycles. The molecule has 2 rings (SSSR count). The second-order valence-electron chi connectivity index (χ2n) is 6.87. The van der Waals surface area contributed by atoms with E-state index in [1.165, 1.54) is 0 Å². The van der Waals surface area contributed by atoms with E-state index in [4.69, 9.17) is 5.11 Å². The predicted octanol–water partition coefficient (Wildman–Crippen LogP) is 5.84. The molecular weight excluding hydrogens is 344 g/mol. The van der Waals surface area contributed by atoms with Gasteiger partial charge in [-0.1, -0.05) is 32.0 Å². The fraction of sp³-hybridized carbons (Fsp3) is 0.381. The number of nitrogens with one attached hydrogen (secondary N) is 2. The first kappa shape index (κ1) is 20.2. The highest BCUT2D eigenvalue weighted by Gasteiger charge is 2.11. The summed E-state index contributed by atoms with van der Waals surface area (Å²) in [6.07, 6.45) is 1.24. The summed E-state index contributed by atoms with van der Waals surface area (Å²) in [5.41, 5.74) is 3.09. The summed E-state index contributed by atoms with van der Waals surface area (Å²) >= 11 is 1.58. The first-order chi connectivity index (χ1) is 12.4. The predicted molar refractivity (Wildman–Crippen MR) is 112 cm³/mol. The molecule has 0 amide bonds. The summed E-state index contributed by atoms with van der Waals surface area (Å²) in [5, 5.41) is 15.9. The highest BCUT2D eigenvalue weighted by molar-refractivity contribution is 7.99. The Morgan fingerprint density at radius 2 is 1.81 bits per heavy atom. The minimum Gasteiger partial charge on any atom is -0.481 e. The molecule has 0 spiro atoms. The SMILES string of the molecule is CC(C)CC(C)Nc1ccc(Nc2ccccc2)cc1SCCC(=O)O. The fourth-order valence-electron chi connectivity index (χ4n) is 2.81.